The largest absolute Gasteiger partial charge is 0.493 e. The summed E-state index contributed by atoms with van der Waals surface area (Å²) in [4.78, 5) is 26.4. The van der Waals surface area contributed by atoms with Crippen LogP contribution in [0.4, 0.5) is 9.18 Å². The molecule has 1 N–H and O–H groups in total. The highest BCUT2D eigenvalue weighted by atomic mass is 19.1. The van der Waals surface area contributed by atoms with Crippen molar-refractivity contribution in [2.45, 2.75) is 39.7 Å². The lowest BCUT2D eigenvalue weighted by atomic mass is 9.99. The molecule has 1 aromatic heterocycles. The normalized spacial score (nSPS) is 14.7. The van der Waals surface area contributed by atoms with Crippen LogP contribution in [0.2, 0.25) is 0 Å². The molecule has 0 saturated carbocycles. The van der Waals surface area contributed by atoms with Crippen molar-refractivity contribution >= 4 is 28.5 Å². The van der Waals surface area contributed by atoms with Crippen LogP contribution < -0.4 is 10.1 Å². The van der Waals surface area contributed by atoms with Crippen LogP contribution in [0.15, 0.2) is 53.2 Å². The van der Waals surface area contributed by atoms with Crippen molar-refractivity contribution in [1.82, 2.24) is 10.2 Å². The van der Waals surface area contributed by atoms with Gasteiger partial charge in [-0.2, -0.15) is 0 Å². The average molecular weight is 495 g/mol. The number of allylic oxidation sites excluding steroid dienone is 1. The lowest BCUT2D eigenvalue weighted by molar-refractivity contribution is -0.117. The summed E-state index contributed by atoms with van der Waals surface area (Å²) in [5.41, 5.74) is 3.83. The van der Waals surface area contributed by atoms with E-state index in [1.807, 2.05) is 26.0 Å². The van der Waals surface area contributed by atoms with Crippen LogP contribution in [0.1, 0.15) is 39.2 Å². The van der Waals surface area contributed by atoms with E-state index in [0.717, 1.165) is 27.6 Å². The number of hydrogen-bond acceptors (Lipinski definition) is 5. The Balaban J connectivity index is 1.53. The first kappa shape index (κ1) is 25.3. The highest BCUT2D eigenvalue weighted by molar-refractivity contribution is 6.00. The standard InChI is InChI=1S/C28H31FN2O5/c1-4-34-25-16-26-23(24(17-36-26)19-6-8-20(29)9-7-19)15-22(25)18(3)14-27(32)30-21-10-12-31(13-11-21)28(33)35-5-2/h6-9,14-17,21H,4-5,10-13H2,1-3H3,(H,30,32)/b18-14+. The maximum Gasteiger partial charge on any atom is 0.409 e. The molecule has 0 spiro atoms. The zero-order valence-electron chi connectivity index (χ0n) is 20.8. The van der Waals surface area contributed by atoms with Crippen LogP contribution in [0.5, 0.6) is 5.75 Å². The predicted octanol–water partition coefficient (Wildman–Crippen LogP) is 5.78. The minimum absolute atomic E-state index is 0.0139. The molecular formula is C28H31FN2O5. The molecule has 190 valence electrons. The van der Waals surface area contributed by atoms with Crippen LogP contribution in [0.25, 0.3) is 27.7 Å². The third-order valence-electron chi connectivity index (χ3n) is 6.27. The smallest absolute Gasteiger partial charge is 0.409 e. The summed E-state index contributed by atoms with van der Waals surface area (Å²) >= 11 is 0. The van der Waals surface area contributed by atoms with Gasteiger partial charge in [-0.05, 0) is 62.9 Å². The lowest BCUT2D eigenvalue weighted by Crippen LogP contribution is -2.46. The molecule has 0 aliphatic carbocycles. The Kier molecular flexibility index (Phi) is 7.93. The van der Waals surface area contributed by atoms with E-state index in [-0.39, 0.29) is 23.9 Å². The fourth-order valence-corrected chi connectivity index (χ4v) is 4.43. The van der Waals surface area contributed by atoms with Gasteiger partial charge in [0.05, 0.1) is 19.5 Å². The number of furan rings is 1. The first-order valence-corrected chi connectivity index (χ1v) is 12.2. The van der Waals surface area contributed by atoms with E-state index < -0.39 is 0 Å². The van der Waals surface area contributed by atoms with E-state index in [0.29, 0.717) is 50.5 Å². The molecule has 2 aromatic carbocycles. The molecule has 8 heteroatoms. The minimum atomic E-state index is -0.309. The molecule has 0 radical (unpaired) electrons. The van der Waals surface area contributed by atoms with E-state index in [9.17, 15) is 14.0 Å². The number of ether oxygens (including phenoxy) is 2. The molecule has 1 aliphatic rings. The molecule has 1 fully saturated rings. The number of nitrogens with zero attached hydrogens (tertiary/aromatic N) is 1. The van der Waals surface area contributed by atoms with E-state index in [2.05, 4.69) is 5.32 Å². The third kappa shape index (κ3) is 5.70. The quantitative estimate of drug-likeness (QED) is 0.421. The Labute approximate surface area is 209 Å². The SMILES string of the molecule is CCOC(=O)N1CCC(NC(=O)/C=C(\C)c2cc3c(-c4ccc(F)cc4)coc3cc2OCC)CC1. The number of nitrogens with one attached hydrogen (secondary N) is 1. The number of halogens is 1. The van der Waals surface area contributed by atoms with E-state index in [4.69, 9.17) is 13.9 Å². The summed E-state index contributed by atoms with van der Waals surface area (Å²) < 4.78 is 30.1. The van der Waals surface area contributed by atoms with Crippen LogP contribution in [0.3, 0.4) is 0 Å². The second-order valence-corrected chi connectivity index (χ2v) is 8.73. The Morgan fingerprint density at radius 3 is 2.53 bits per heavy atom. The number of carbonyl (C=O) groups is 2. The molecule has 4 rings (SSSR count). The van der Waals surface area contributed by atoms with Gasteiger partial charge in [0.2, 0.25) is 5.91 Å². The molecule has 2 amide bonds. The molecule has 36 heavy (non-hydrogen) atoms. The van der Waals surface area contributed by atoms with Gasteiger partial charge in [-0.25, -0.2) is 9.18 Å². The minimum Gasteiger partial charge on any atom is -0.493 e. The zero-order valence-corrected chi connectivity index (χ0v) is 20.8. The molecule has 0 bridgehead atoms. The van der Waals surface area contributed by atoms with Gasteiger partial charge < -0.3 is 24.1 Å². The number of carbonyl (C=O) groups excluding carboxylic acids is 2. The molecule has 3 aromatic rings. The van der Waals surface area contributed by atoms with Gasteiger partial charge in [0.25, 0.3) is 0 Å². The topological polar surface area (TPSA) is 81.0 Å². The fourth-order valence-electron chi connectivity index (χ4n) is 4.43. The molecule has 0 unspecified atom stereocenters. The molecule has 1 aliphatic heterocycles. The molecule has 0 atom stereocenters. The van der Waals surface area contributed by atoms with Gasteiger partial charge in [0, 0.05) is 47.8 Å². The van der Waals surface area contributed by atoms with E-state index in [1.165, 1.54) is 12.1 Å². The number of fused-ring (bicyclic) bond motifs is 1. The second kappa shape index (κ2) is 11.3. The van der Waals surface area contributed by atoms with Crippen molar-refractivity contribution in [2.75, 3.05) is 26.3 Å². The maximum atomic E-state index is 13.4. The second-order valence-electron chi connectivity index (χ2n) is 8.73. The Hall–Kier alpha value is -3.81. The van der Waals surface area contributed by atoms with Crippen molar-refractivity contribution in [3.05, 3.63) is 60.1 Å². The monoisotopic (exact) mass is 494 g/mol. The summed E-state index contributed by atoms with van der Waals surface area (Å²) in [6.07, 6.45) is 4.24. The van der Waals surface area contributed by atoms with Crippen molar-refractivity contribution in [3.63, 3.8) is 0 Å². The van der Waals surface area contributed by atoms with Gasteiger partial charge in [-0.3, -0.25) is 4.79 Å². The van der Waals surface area contributed by atoms with Gasteiger partial charge >= 0.3 is 6.09 Å². The van der Waals surface area contributed by atoms with Crippen LogP contribution in [0, 0.1) is 5.82 Å². The van der Waals surface area contributed by atoms with Crippen LogP contribution in [-0.2, 0) is 9.53 Å². The van der Waals surface area contributed by atoms with Crippen LogP contribution >= 0.6 is 0 Å². The highest BCUT2D eigenvalue weighted by Gasteiger charge is 2.24. The summed E-state index contributed by atoms with van der Waals surface area (Å²) in [5.74, 6) is 0.118. The Bertz CT molecular complexity index is 1260. The number of likely N-dealkylation sites (tertiary alicyclic amines) is 1. The van der Waals surface area contributed by atoms with Gasteiger partial charge in [0.1, 0.15) is 17.1 Å². The average Bonchev–Trinajstić information content (AvgIpc) is 3.27. The summed E-state index contributed by atoms with van der Waals surface area (Å²) in [6.45, 7) is 7.44. The highest BCUT2D eigenvalue weighted by Crippen LogP contribution is 2.37. The summed E-state index contributed by atoms with van der Waals surface area (Å²) in [5, 5.41) is 3.90. The number of hydrogen-bond donors (Lipinski definition) is 1. The number of amides is 2. The fraction of sp³-hybridized carbons (Fsp3) is 0.357. The zero-order chi connectivity index (χ0) is 25.7. The molecule has 2 heterocycles. The van der Waals surface area contributed by atoms with E-state index >= 15 is 0 Å². The predicted molar refractivity (Wildman–Crippen MR) is 136 cm³/mol. The maximum absolute atomic E-state index is 13.4. The lowest BCUT2D eigenvalue weighted by Gasteiger charge is -2.31. The van der Waals surface area contributed by atoms with Gasteiger partial charge in [-0.1, -0.05) is 12.1 Å². The van der Waals surface area contributed by atoms with Crippen molar-refractivity contribution in [3.8, 4) is 16.9 Å². The van der Waals surface area contributed by atoms with Crippen molar-refractivity contribution in [1.29, 1.82) is 0 Å². The first-order valence-electron chi connectivity index (χ1n) is 12.2. The molecular weight excluding hydrogens is 463 g/mol. The van der Waals surface area contributed by atoms with Gasteiger partial charge in [-0.15, -0.1) is 0 Å². The van der Waals surface area contributed by atoms with Crippen molar-refractivity contribution < 1.29 is 27.9 Å². The molecule has 1 saturated heterocycles. The first-order chi connectivity index (χ1) is 17.4. The van der Waals surface area contributed by atoms with E-state index in [1.54, 1.807) is 36.3 Å². The number of piperidine rings is 1. The third-order valence-corrected chi connectivity index (χ3v) is 6.27. The van der Waals surface area contributed by atoms with Crippen molar-refractivity contribution in [2.24, 2.45) is 0 Å². The summed E-state index contributed by atoms with van der Waals surface area (Å²) in [7, 11) is 0. The van der Waals surface area contributed by atoms with Gasteiger partial charge in [0.15, 0.2) is 0 Å². The Morgan fingerprint density at radius 1 is 1.14 bits per heavy atom. The summed E-state index contributed by atoms with van der Waals surface area (Å²) in [6, 6.07) is 9.99. The Morgan fingerprint density at radius 2 is 1.86 bits per heavy atom. The number of benzene rings is 2. The number of rotatable bonds is 7. The van der Waals surface area contributed by atoms with Crippen LogP contribution in [-0.4, -0.2) is 49.2 Å². The molecule has 7 nitrogen and oxygen atoms in total.